The average Bonchev–Trinajstić information content (AvgIpc) is 2.31. The Bertz CT molecular complexity index is 439. The van der Waals surface area contributed by atoms with Crippen LogP contribution in [0.2, 0.25) is 5.02 Å². The Morgan fingerprint density at radius 2 is 2.24 bits per heavy atom. The molecule has 1 atom stereocenters. The van der Waals surface area contributed by atoms with E-state index in [9.17, 15) is 9.00 Å². The first-order valence-electron chi connectivity index (χ1n) is 5.12. The smallest absolute Gasteiger partial charge is 0.252 e. The minimum atomic E-state index is -0.867. The van der Waals surface area contributed by atoms with Crippen molar-refractivity contribution < 1.29 is 9.00 Å². The van der Waals surface area contributed by atoms with E-state index in [2.05, 4.69) is 21.2 Å². The second kappa shape index (κ2) is 7.13. The number of carbonyl (C=O) groups is 1. The van der Waals surface area contributed by atoms with Gasteiger partial charge in [-0.3, -0.25) is 9.00 Å². The quantitative estimate of drug-likeness (QED) is 0.897. The molecule has 1 N–H and O–H groups in total. The molecule has 1 amide bonds. The number of hydrogen-bond acceptors (Lipinski definition) is 2. The fourth-order valence-corrected chi connectivity index (χ4v) is 2.37. The van der Waals surface area contributed by atoms with Crippen molar-refractivity contribution in [3.63, 3.8) is 0 Å². The zero-order valence-corrected chi connectivity index (χ0v) is 12.5. The molecule has 0 aromatic heterocycles. The largest absolute Gasteiger partial charge is 0.351 e. The lowest BCUT2D eigenvalue weighted by Gasteiger charge is -2.06. The van der Waals surface area contributed by atoms with Crippen molar-refractivity contribution in [2.75, 3.05) is 18.1 Å². The van der Waals surface area contributed by atoms with Gasteiger partial charge in [0, 0.05) is 33.3 Å². The summed E-state index contributed by atoms with van der Waals surface area (Å²) >= 11 is 9.20. The molecule has 0 bridgehead atoms. The van der Waals surface area contributed by atoms with E-state index in [0.29, 0.717) is 28.6 Å². The molecule has 0 spiro atoms. The van der Waals surface area contributed by atoms with Gasteiger partial charge in [0.1, 0.15) is 0 Å². The molecular formula is C11H13BrClNO2S. The number of hydrogen-bond donors (Lipinski definition) is 1. The number of carbonyl (C=O) groups excluding carboxylic acids is 1. The molecule has 1 aromatic rings. The minimum Gasteiger partial charge on any atom is -0.351 e. The molecule has 3 nitrogen and oxygen atoms in total. The predicted octanol–water partition coefficient (Wildman–Crippen LogP) is 2.60. The van der Waals surface area contributed by atoms with E-state index in [0.717, 1.165) is 4.47 Å². The number of rotatable bonds is 5. The van der Waals surface area contributed by atoms with E-state index in [-0.39, 0.29) is 5.91 Å². The normalized spacial score (nSPS) is 12.2. The molecule has 94 valence electrons. The number of amides is 1. The first-order chi connectivity index (χ1) is 8.04. The number of benzene rings is 1. The third-order valence-electron chi connectivity index (χ3n) is 2.11. The van der Waals surface area contributed by atoms with E-state index < -0.39 is 10.8 Å². The van der Waals surface area contributed by atoms with Crippen molar-refractivity contribution in [2.45, 2.75) is 6.92 Å². The van der Waals surface area contributed by atoms with E-state index >= 15 is 0 Å². The molecule has 0 aliphatic rings. The molecule has 0 radical (unpaired) electrons. The Kier molecular flexibility index (Phi) is 6.16. The Morgan fingerprint density at radius 1 is 1.53 bits per heavy atom. The van der Waals surface area contributed by atoms with Gasteiger partial charge in [-0.15, -0.1) is 0 Å². The first-order valence-corrected chi connectivity index (χ1v) is 7.78. The van der Waals surface area contributed by atoms with Gasteiger partial charge in [0.2, 0.25) is 0 Å². The van der Waals surface area contributed by atoms with E-state index in [1.807, 2.05) is 6.92 Å². The molecule has 0 saturated heterocycles. The third-order valence-corrected chi connectivity index (χ3v) is 4.24. The molecular weight excluding hydrogens is 326 g/mol. The second-order valence-electron chi connectivity index (χ2n) is 3.31. The van der Waals surface area contributed by atoms with Gasteiger partial charge < -0.3 is 5.32 Å². The standard InChI is InChI=1S/C11H13BrClNO2S/c1-2-17(16)6-5-14-11(15)9-7-8(12)3-4-10(9)13/h3-4,7H,2,5-6H2,1H3,(H,14,15). The lowest BCUT2D eigenvalue weighted by Crippen LogP contribution is -2.28. The summed E-state index contributed by atoms with van der Waals surface area (Å²) in [5.74, 6) is 0.825. The summed E-state index contributed by atoms with van der Waals surface area (Å²) in [6.45, 7) is 2.24. The van der Waals surface area contributed by atoms with Crippen LogP contribution >= 0.6 is 27.5 Å². The van der Waals surface area contributed by atoms with Crippen LogP contribution in [0.3, 0.4) is 0 Å². The van der Waals surface area contributed by atoms with Gasteiger partial charge in [-0.25, -0.2) is 0 Å². The molecule has 6 heteroatoms. The summed E-state index contributed by atoms with van der Waals surface area (Å²) in [5.41, 5.74) is 0.420. The zero-order chi connectivity index (χ0) is 12.8. The first kappa shape index (κ1) is 14.7. The number of halogens is 2. The maximum absolute atomic E-state index is 11.8. The average molecular weight is 339 g/mol. The van der Waals surface area contributed by atoms with Crippen molar-refractivity contribution in [3.8, 4) is 0 Å². The summed E-state index contributed by atoms with van der Waals surface area (Å²) in [6.07, 6.45) is 0. The van der Waals surface area contributed by atoms with Crippen LogP contribution in [-0.2, 0) is 10.8 Å². The highest BCUT2D eigenvalue weighted by Crippen LogP contribution is 2.20. The van der Waals surface area contributed by atoms with Crippen LogP contribution in [0.5, 0.6) is 0 Å². The summed E-state index contributed by atoms with van der Waals surface area (Å²) in [6, 6.07) is 5.09. The molecule has 0 fully saturated rings. The maximum atomic E-state index is 11.8. The monoisotopic (exact) mass is 337 g/mol. The van der Waals surface area contributed by atoms with Gasteiger partial charge in [0.25, 0.3) is 5.91 Å². The van der Waals surface area contributed by atoms with Crippen LogP contribution in [-0.4, -0.2) is 28.2 Å². The number of nitrogens with one attached hydrogen (secondary N) is 1. The second-order valence-corrected chi connectivity index (χ2v) is 6.50. The van der Waals surface area contributed by atoms with Gasteiger partial charge in [-0.2, -0.15) is 0 Å². The molecule has 0 aliphatic heterocycles. The van der Waals surface area contributed by atoms with Crippen LogP contribution in [0, 0.1) is 0 Å². The van der Waals surface area contributed by atoms with Crippen molar-refractivity contribution in [1.82, 2.24) is 5.32 Å². The molecule has 0 saturated carbocycles. The van der Waals surface area contributed by atoms with Gasteiger partial charge in [-0.05, 0) is 18.2 Å². The van der Waals surface area contributed by atoms with E-state index in [4.69, 9.17) is 11.6 Å². The van der Waals surface area contributed by atoms with Gasteiger partial charge >= 0.3 is 0 Å². The minimum absolute atomic E-state index is 0.246. The van der Waals surface area contributed by atoms with Crippen molar-refractivity contribution in [1.29, 1.82) is 0 Å². The van der Waals surface area contributed by atoms with Crippen LogP contribution in [0.1, 0.15) is 17.3 Å². The summed E-state index contributed by atoms with van der Waals surface area (Å²) in [5, 5.41) is 3.10. The molecule has 1 aromatic carbocycles. The lowest BCUT2D eigenvalue weighted by atomic mass is 10.2. The van der Waals surface area contributed by atoms with Crippen molar-refractivity contribution >= 4 is 44.2 Å². The third kappa shape index (κ3) is 4.77. The molecule has 1 unspecified atom stereocenters. The summed E-state index contributed by atoms with van der Waals surface area (Å²) in [7, 11) is -0.867. The predicted molar refractivity (Wildman–Crippen MR) is 75.0 cm³/mol. The van der Waals surface area contributed by atoms with Gasteiger partial charge in [-0.1, -0.05) is 34.5 Å². The van der Waals surface area contributed by atoms with E-state index in [1.54, 1.807) is 18.2 Å². The topological polar surface area (TPSA) is 46.2 Å². The zero-order valence-electron chi connectivity index (χ0n) is 9.33. The Balaban J connectivity index is 2.58. The summed E-state index contributed by atoms with van der Waals surface area (Å²) < 4.78 is 12.0. The summed E-state index contributed by atoms with van der Waals surface area (Å²) in [4.78, 5) is 11.8. The maximum Gasteiger partial charge on any atom is 0.252 e. The Morgan fingerprint density at radius 3 is 2.88 bits per heavy atom. The van der Waals surface area contributed by atoms with Crippen LogP contribution in [0.4, 0.5) is 0 Å². The highest BCUT2D eigenvalue weighted by Gasteiger charge is 2.10. The van der Waals surface area contributed by atoms with Crippen LogP contribution in [0.15, 0.2) is 22.7 Å². The molecule has 0 heterocycles. The Hall–Kier alpha value is -0.390. The molecule has 17 heavy (non-hydrogen) atoms. The fraction of sp³-hybridized carbons (Fsp3) is 0.364. The van der Waals surface area contributed by atoms with Crippen molar-refractivity contribution in [3.05, 3.63) is 33.3 Å². The SMILES string of the molecule is CCS(=O)CCNC(=O)c1cc(Br)ccc1Cl. The Labute approximate surface area is 117 Å². The highest BCUT2D eigenvalue weighted by molar-refractivity contribution is 9.10. The van der Waals surface area contributed by atoms with Crippen molar-refractivity contribution in [2.24, 2.45) is 0 Å². The highest BCUT2D eigenvalue weighted by atomic mass is 79.9. The fourth-order valence-electron chi connectivity index (χ4n) is 1.19. The van der Waals surface area contributed by atoms with Crippen LogP contribution < -0.4 is 5.32 Å². The molecule has 0 aliphatic carbocycles. The van der Waals surface area contributed by atoms with Gasteiger partial charge in [0.05, 0.1) is 10.6 Å². The van der Waals surface area contributed by atoms with E-state index in [1.165, 1.54) is 0 Å². The van der Waals surface area contributed by atoms with Crippen LogP contribution in [0.25, 0.3) is 0 Å². The van der Waals surface area contributed by atoms with Gasteiger partial charge in [0.15, 0.2) is 0 Å². The molecule has 1 rings (SSSR count). The lowest BCUT2D eigenvalue weighted by molar-refractivity contribution is 0.0956.